The standard InChI is InChI=1S/C24H27NO3S/c1-17-14-18(2)24(19(3)15-17)25-23(26)12-7-13-29(27,28)16-21-10-6-9-20-8-4-5-11-22(20)21/h4-6,8-11,14-15H,7,12-13,16H2,1-3H3,(H,25,26). The summed E-state index contributed by atoms with van der Waals surface area (Å²) in [5.41, 5.74) is 4.80. The second-order valence-electron chi connectivity index (χ2n) is 7.66. The SMILES string of the molecule is Cc1cc(C)c(NC(=O)CCCS(=O)(=O)Cc2cccc3ccccc23)c(C)c1. The highest BCUT2D eigenvalue weighted by atomic mass is 32.2. The Bertz CT molecular complexity index is 1120. The number of amides is 1. The number of anilines is 1. The van der Waals surface area contributed by atoms with Crippen molar-refractivity contribution in [2.45, 2.75) is 39.4 Å². The predicted molar refractivity (Wildman–Crippen MR) is 120 cm³/mol. The van der Waals surface area contributed by atoms with Crippen LogP contribution in [0.3, 0.4) is 0 Å². The summed E-state index contributed by atoms with van der Waals surface area (Å²) in [5.74, 6) is -0.165. The molecule has 0 aliphatic carbocycles. The number of sulfone groups is 1. The van der Waals surface area contributed by atoms with Gasteiger partial charge in [-0.25, -0.2) is 8.42 Å². The molecule has 0 bridgehead atoms. The molecule has 152 valence electrons. The molecule has 0 aliphatic rings. The van der Waals surface area contributed by atoms with Gasteiger partial charge in [0.25, 0.3) is 0 Å². The first kappa shape index (κ1) is 21.1. The van der Waals surface area contributed by atoms with Crippen LogP contribution in [0.2, 0.25) is 0 Å². The van der Waals surface area contributed by atoms with E-state index in [1.54, 1.807) is 0 Å². The maximum atomic E-state index is 12.6. The van der Waals surface area contributed by atoms with Crippen molar-refractivity contribution in [2.75, 3.05) is 11.1 Å². The largest absolute Gasteiger partial charge is 0.326 e. The Hall–Kier alpha value is -2.66. The lowest BCUT2D eigenvalue weighted by Gasteiger charge is -2.13. The monoisotopic (exact) mass is 409 g/mol. The van der Waals surface area contributed by atoms with Gasteiger partial charge < -0.3 is 5.32 Å². The molecule has 5 heteroatoms. The summed E-state index contributed by atoms with van der Waals surface area (Å²) in [6, 6.07) is 17.5. The summed E-state index contributed by atoms with van der Waals surface area (Å²) in [4.78, 5) is 12.3. The first-order valence-corrected chi connectivity index (χ1v) is 11.6. The van der Waals surface area contributed by atoms with E-state index in [-0.39, 0.29) is 23.8 Å². The summed E-state index contributed by atoms with van der Waals surface area (Å²) in [5, 5.41) is 4.92. The van der Waals surface area contributed by atoms with Crippen molar-refractivity contribution in [3.8, 4) is 0 Å². The zero-order chi connectivity index (χ0) is 21.0. The van der Waals surface area contributed by atoms with Crippen molar-refractivity contribution in [3.63, 3.8) is 0 Å². The number of carbonyl (C=O) groups is 1. The molecule has 3 aromatic rings. The van der Waals surface area contributed by atoms with Gasteiger partial charge in [-0.2, -0.15) is 0 Å². The van der Waals surface area contributed by atoms with Crippen LogP contribution in [0.25, 0.3) is 10.8 Å². The Balaban J connectivity index is 1.59. The van der Waals surface area contributed by atoms with E-state index in [2.05, 4.69) is 5.32 Å². The molecule has 29 heavy (non-hydrogen) atoms. The molecule has 0 aromatic heterocycles. The highest BCUT2D eigenvalue weighted by Crippen LogP contribution is 2.23. The predicted octanol–water partition coefficient (Wildman–Crippen LogP) is 5.10. The number of nitrogens with one attached hydrogen (secondary N) is 1. The van der Waals surface area contributed by atoms with E-state index in [4.69, 9.17) is 0 Å². The van der Waals surface area contributed by atoms with Gasteiger partial charge in [0.15, 0.2) is 9.84 Å². The third kappa shape index (κ3) is 5.45. The van der Waals surface area contributed by atoms with Gasteiger partial charge in [-0.05, 0) is 54.7 Å². The molecule has 1 amide bonds. The minimum Gasteiger partial charge on any atom is -0.326 e. The fourth-order valence-electron chi connectivity index (χ4n) is 3.76. The van der Waals surface area contributed by atoms with E-state index in [1.807, 2.05) is 75.4 Å². The minimum atomic E-state index is -3.30. The molecular weight excluding hydrogens is 382 g/mol. The average molecular weight is 410 g/mol. The van der Waals surface area contributed by atoms with E-state index in [1.165, 1.54) is 0 Å². The van der Waals surface area contributed by atoms with Gasteiger partial charge in [-0.15, -0.1) is 0 Å². The van der Waals surface area contributed by atoms with Crippen molar-refractivity contribution < 1.29 is 13.2 Å². The first-order chi connectivity index (χ1) is 13.7. The van der Waals surface area contributed by atoms with E-state index in [0.717, 1.165) is 38.7 Å². The summed E-state index contributed by atoms with van der Waals surface area (Å²) in [6.07, 6.45) is 0.490. The summed E-state index contributed by atoms with van der Waals surface area (Å²) < 4.78 is 25.2. The lowest BCUT2D eigenvalue weighted by molar-refractivity contribution is -0.116. The molecule has 0 spiro atoms. The van der Waals surface area contributed by atoms with Crippen LogP contribution in [-0.2, 0) is 20.4 Å². The van der Waals surface area contributed by atoms with Gasteiger partial charge in [-0.1, -0.05) is 60.2 Å². The molecule has 0 saturated heterocycles. The Morgan fingerprint density at radius 1 is 0.931 bits per heavy atom. The number of aryl methyl sites for hydroxylation is 3. The number of hydrogen-bond acceptors (Lipinski definition) is 3. The van der Waals surface area contributed by atoms with Gasteiger partial charge in [0.2, 0.25) is 5.91 Å². The molecule has 3 aromatic carbocycles. The van der Waals surface area contributed by atoms with Gasteiger partial charge in [0.1, 0.15) is 0 Å². The van der Waals surface area contributed by atoms with Crippen LogP contribution in [0.1, 0.15) is 35.1 Å². The van der Waals surface area contributed by atoms with Crippen LogP contribution in [0.15, 0.2) is 54.6 Å². The molecule has 1 N–H and O–H groups in total. The fourth-order valence-corrected chi connectivity index (χ4v) is 5.21. The molecule has 4 nitrogen and oxygen atoms in total. The Kier molecular flexibility index (Phi) is 6.38. The number of fused-ring (bicyclic) bond motifs is 1. The van der Waals surface area contributed by atoms with Crippen molar-refractivity contribution in [1.29, 1.82) is 0 Å². The smallest absolute Gasteiger partial charge is 0.224 e. The molecule has 3 rings (SSSR count). The summed E-state index contributed by atoms with van der Waals surface area (Å²) >= 11 is 0. The molecule has 0 fully saturated rings. The van der Waals surface area contributed by atoms with Crippen molar-refractivity contribution in [1.82, 2.24) is 0 Å². The molecule has 0 heterocycles. The van der Waals surface area contributed by atoms with Crippen molar-refractivity contribution in [2.24, 2.45) is 0 Å². The molecule has 0 saturated carbocycles. The zero-order valence-electron chi connectivity index (χ0n) is 17.2. The maximum Gasteiger partial charge on any atom is 0.224 e. The number of carbonyl (C=O) groups excluding carboxylic acids is 1. The lowest BCUT2D eigenvalue weighted by atomic mass is 10.0. The van der Waals surface area contributed by atoms with E-state index < -0.39 is 9.84 Å². The number of rotatable bonds is 7. The Labute approximate surface area is 172 Å². The van der Waals surface area contributed by atoms with Crippen LogP contribution in [-0.4, -0.2) is 20.1 Å². The van der Waals surface area contributed by atoms with Gasteiger partial charge in [-0.3, -0.25) is 4.79 Å². The lowest BCUT2D eigenvalue weighted by Crippen LogP contribution is -2.16. The van der Waals surface area contributed by atoms with Crippen LogP contribution in [0.4, 0.5) is 5.69 Å². The minimum absolute atomic E-state index is 0.00446. The average Bonchev–Trinajstić information content (AvgIpc) is 2.64. The second-order valence-corrected chi connectivity index (χ2v) is 9.84. The normalized spacial score (nSPS) is 11.6. The van der Waals surface area contributed by atoms with Gasteiger partial charge in [0, 0.05) is 12.1 Å². The van der Waals surface area contributed by atoms with Gasteiger partial charge >= 0.3 is 0 Å². The zero-order valence-corrected chi connectivity index (χ0v) is 18.0. The second kappa shape index (κ2) is 8.78. The molecular formula is C24H27NO3S. The van der Waals surface area contributed by atoms with Crippen molar-refractivity contribution >= 4 is 32.2 Å². The van der Waals surface area contributed by atoms with Crippen LogP contribution in [0, 0.1) is 20.8 Å². The molecule has 0 aliphatic heterocycles. The van der Waals surface area contributed by atoms with Crippen LogP contribution >= 0.6 is 0 Å². The third-order valence-corrected chi connectivity index (χ3v) is 6.72. The fraction of sp³-hybridized carbons (Fsp3) is 0.292. The topological polar surface area (TPSA) is 63.2 Å². The Morgan fingerprint density at radius 2 is 1.59 bits per heavy atom. The van der Waals surface area contributed by atoms with Gasteiger partial charge in [0.05, 0.1) is 11.5 Å². The first-order valence-electron chi connectivity index (χ1n) is 9.80. The van der Waals surface area contributed by atoms with Crippen LogP contribution < -0.4 is 5.32 Å². The third-order valence-electron chi connectivity index (χ3n) is 5.06. The van der Waals surface area contributed by atoms with E-state index >= 15 is 0 Å². The highest BCUT2D eigenvalue weighted by molar-refractivity contribution is 7.90. The number of hydrogen-bond donors (Lipinski definition) is 1. The molecule has 0 radical (unpaired) electrons. The van der Waals surface area contributed by atoms with Crippen LogP contribution in [0.5, 0.6) is 0 Å². The summed E-state index contributed by atoms with van der Waals surface area (Å²) in [7, 11) is -3.30. The number of benzene rings is 3. The van der Waals surface area contributed by atoms with E-state index in [0.29, 0.717) is 6.42 Å². The highest BCUT2D eigenvalue weighted by Gasteiger charge is 2.15. The molecule has 0 atom stereocenters. The quantitative estimate of drug-likeness (QED) is 0.590. The summed E-state index contributed by atoms with van der Waals surface area (Å²) in [6.45, 7) is 5.95. The van der Waals surface area contributed by atoms with E-state index in [9.17, 15) is 13.2 Å². The Morgan fingerprint density at radius 3 is 2.31 bits per heavy atom. The maximum absolute atomic E-state index is 12.6. The molecule has 0 unspecified atom stereocenters. The van der Waals surface area contributed by atoms with Crippen molar-refractivity contribution in [3.05, 3.63) is 76.9 Å².